The van der Waals surface area contributed by atoms with Crippen molar-refractivity contribution in [3.63, 3.8) is 0 Å². The summed E-state index contributed by atoms with van der Waals surface area (Å²) in [4.78, 5) is 24.3. The quantitative estimate of drug-likeness (QED) is 0.216. The zero-order valence-electron chi connectivity index (χ0n) is 21.1. The molecule has 0 radical (unpaired) electrons. The molecule has 0 bridgehead atoms. The SMILES string of the molecule is CCCCCCCCCc1ccc(Oc2c(Cl)cc(NC(=O)NC(=O)c3c(F)cccc3F)cc2Cl)cc1. The maximum Gasteiger partial charge on any atom is 0.326 e. The van der Waals surface area contributed by atoms with Gasteiger partial charge in [-0.15, -0.1) is 0 Å². The molecule has 38 heavy (non-hydrogen) atoms. The van der Waals surface area contributed by atoms with Crippen molar-refractivity contribution in [3.8, 4) is 11.5 Å². The Bertz CT molecular complexity index is 1210. The van der Waals surface area contributed by atoms with Crippen LogP contribution in [0.15, 0.2) is 54.6 Å². The lowest BCUT2D eigenvalue weighted by molar-refractivity contribution is 0.0959. The number of urea groups is 1. The summed E-state index contributed by atoms with van der Waals surface area (Å²) in [5.41, 5.74) is 0.506. The van der Waals surface area contributed by atoms with Crippen LogP contribution >= 0.6 is 23.2 Å². The molecule has 3 aromatic rings. The van der Waals surface area contributed by atoms with Gasteiger partial charge in [-0.2, -0.15) is 0 Å². The molecule has 0 fully saturated rings. The van der Waals surface area contributed by atoms with Gasteiger partial charge in [-0.25, -0.2) is 13.6 Å². The van der Waals surface area contributed by atoms with Gasteiger partial charge in [0.25, 0.3) is 5.91 Å². The van der Waals surface area contributed by atoms with E-state index in [-0.39, 0.29) is 21.5 Å². The number of carbonyl (C=O) groups is 2. The number of amides is 3. The first kappa shape index (κ1) is 29.4. The third kappa shape index (κ3) is 8.71. The van der Waals surface area contributed by atoms with Gasteiger partial charge in [0.05, 0.1) is 10.0 Å². The molecule has 5 nitrogen and oxygen atoms in total. The van der Waals surface area contributed by atoms with Crippen molar-refractivity contribution in [2.75, 3.05) is 5.32 Å². The molecular formula is C29H30Cl2F2N2O3. The monoisotopic (exact) mass is 562 g/mol. The van der Waals surface area contributed by atoms with Crippen molar-refractivity contribution in [2.45, 2.75) is 58.3 Å². The van der Waals surface area contributed by atoms with Gasteiger partial charge in [-0.05, 0) is 54.8 Å². The van der Waals surface area contributed by atoms with E-state index in [2.05, 4.69) is 12.2 Å². The molecule has 0 saturated heterocycles. The molecule has 0 aliphatic heterocycles. The molecule has 3 rings (SSSR count). The largest absolute Gasteiger partial charge is 0.454 e. The van der Waals surface area contributed by atoms with Gasteiger partial charge < -0.3 is 10.1 Å². The van der Waals surface area contributed by atoms with E-state index in [1.54, 1.807) is 0 Å². The van der Waals surface area contributed by atoms with Gasteiger partial charge in [-0.3, -0.25) is 10.1 Å². The number of ether oxygens (including phenoxy) is 1. The summed E-state index contributed by atoms with van der Waals surface area (Å²) >= 11 is 12.7. The van der Waals surface area contributed by atoms with Crippen LogP contribution in [0.1, 0.15) is 67.8 Å². The predicted molar refractivity (Wildman–Crippen MR) is 148 cm³/mol. The smallest absolute Gasteiger partial charge is 0.326 e. The van der Waals surface area contributed by atoms with Crippen LogP contribution in [0.5, 0.6) is 11.5 Å². The average molecular weight is 563 g/mol. The molecule has 0 saturated carbocycles. The molecule has 9 heteroatoms. The zero-order valence-corrected chi connectivity index (χ0v) is 22.6. The topological polar surface area (TPSA) is 67.4 Å². The number of unbranched alkanes of at least 4 members (excludes halogenated alkanes) is 6. The van der Waals surface area contributed by atoms with E-state index >= 15 is 0 Å². The summed E-state index contributed by atoms with van der Waals surface area (Å²) in [7, 11) is 0. The number of aryl methyl sites for hydroxylation is 1. The third-order valence-corrected chi connectivity index (χ3v) is 6.45. The van der Waals surface area contributed by atoms with Gasteiger partial charge in [0, 0.05) is 5.69 Å². The first-order valence-corrected chi connectivity index (χ1v) is 13.4. The maximum absolute atomic E-state index is 13.8. The number of halogens is 4. The summed E-state index contributed by atoms with van der Waals surface area (Å²) in [5.74, 6) is -2.66. The number of hydrogen-bond donors (Lipinski definition) is 2. The van der Waals surface area contributed by atoms with Gasteiger partial charge >= 0.3 is 6.03 Å². The molecular weight excluding hydrogens is 533 g/mol. The van der Waals surface area contributed by atoms with E-state index in [9.17, 15) is 18.4 Å². The lowest BCUT2D eigenvalue weighted by Gasteiger charge is -2.13. The second kappa shape index (κ2) is 14.7. The minimum absolute atomic E-state index is 0.117. The number of hydrogen-bond acceptors (Lipinski definition) is 3. The fourth-order valence-corrected chi connectivity index (χ4v) is 4.46. The highest BCUT2D eigenvalue weighted by Gasteiger charge is 2.20. The number of rotatable bonds is 12. The highest BCUT2D eigenvalue weighted by Crippen LogP contribution is 2.39. The Morgan fingerprint density at radius 2 is 1.42 bits per heavy atom. The predicted octanol–water partition coefficient (Wildman–Crippen LogP) is 9.32. The standard InChI is InChI=1S/C29H30Cl2F2N2O3/c1-2-3-4-5-6-7-8-10-19-13-15-21(16-14-19)38-27-22(30)17-20(18-23(27)31)34-29(37)35-28(36)26-24(32)11-9-12-25(26)33/h9,11-18H,2-8,10H2,1H3,(H2,34,35,36,37). The molecule has 0 aromatic heterocycles. The molecule has 0 aliphatic rings. The Hall–Kier alpha value is -3.16. The van der Waals surface area contributed by atoms with Crippen molar-refractivity contribution < 1.29 is 23.1 Å². The Labute approximate surface area is 231 Å². The van der Waals surface area contributed by atoms with E-state index in [0.717, 1.165) is 31.0 Å². The second-order valence-corrected chi connectivity index (χ2v) is 9.71. The van der Waals surface area contributed by atoms with Crippen LogP contribution in [0.4, 0.5) is 19.3 Å². The Balaban J connectivity index is 1.54. The molecule has 3 amide bonds. The highest BCUT2D eigenvalue weighted by molar-refractivity contribution is 6.37. The minimum Gasteiger partial charge on any atom is -0.454 e. The van der Waals surface area contributed by atoms with Gasteiger partial charge in [-0.1, -0.05) is 86.8 Å². The normalized spacial score (nSPS) is 10.8. The van der Waals surface area contributed by atoms with E-state index in [1.165, 1.54) is 56.2 Å². The molecule has 0 atom stereocenters. The summed E-state index contributed by atoms with van der Waals surface area (Å²) in [5, 5.41) is 4.46. The van der Waals surface area contributed by atoms with E-state index in [4.69, 9.17) is 27.9 Å². The number of anilines is 1. The first-order valence-electron chi connectivity index (χ1n) is 12.6. The van der Waals surface area contributed by atoms with Gasteiger partial charge in [0.2, 0.25) is 0 Å². The van der Waals surface area contributed by atoms with Crippen LogP contribution in [0, 0.1) is 11.6 Å². The summed E-state index contributed by atoms with van der Waals surface area (Å²) < 4.78 is 33.4. The molecule has 202 valence electrons. The number of benzene rings is 3. The number of imide groups is 1. The summed E-state index contributed by atoms with van der Waals surface area (Å²) in [6.07, 6.45) is 9.82. The molecule has 3 aromatic carbocycles. The second-order valence-electron chi connectivity index (χ2n) is 8.89. The Morgan fingerprint density at radius 1 is 0.842 bits per heavy atom. The first-order chi connectivity index (χ1) is 18.3. The fraction of sp³-hybridized carbons (Fsp3) is 0.310. The maximum atomic E-state index is 13.8. The molecule has 0 aliphatic carbocycles. The van der Waals surface area contributed by atoms with Crippen LogP contribution in [-0.2, 0) is 6.42 Å². The van der Waals surface area contributed by atoms with Crippen LogP contribution in [0.2, 0.25) is 10.0 Å². The van der Waals surface area contributed by atoms with E-state index < -0.39 is 29.1 Å². The minimum atomic E-state index is -1.23. The highest BCUT2D eigenvalue weighted by atomic mass is 35.5. The van der Waals surface area contributed by atoms with E-state index in [1.807, 2.05) is 29.6 Å². The molecule has 0 unspecified atom stereocenters. The average Bonchev–Trinajstić information content (AvgIpc) is 2.86. The van der Waals surface area contributed by atoms with Crippen molar-refractivity contribution in [2.24, 2.45) is 0 Å². The lowest BCUT2D eigenvalue weighted by atomic mass is 10.0. The molecule has 0 spiro atoms. The summed E-state index contributed by atoms with van der Waals surface area (Å²) in [6, 6.07) is 12.4. The van der Waals surface area contributed by atoms with Gasteiger partial charge in [0.1, 0.15) is 22.9 Å². The Morgan fingerprint density at radius 3 is 2.03 bits per heavy atom. The van der Waals surface area contributed by atoms with Crippen LogP contribution in [0.3, 0.4) is 0 Å². The Kier molecular flexibility index (Phi) is 11.4. The zero-order chi connectivity index (χ0) is 27.5. The van der Waals surface area contributed by atoms with Crippen LogP contribution in [0.25, 0.3) is 0 Å². The van der Waals surface area contributed by atoms with Crippen molar-refractivity contribution in [1.29, 1.82) is 0 Å². The van der Waals surface area contributed by atoms with Crippen molar-refractivity contribution in [3.05, 3.63) is 87.4 Å². The number of carbonyl (C=O) groups excluding carboxylic acids is 2. The van der Waals surface area contributed by atoms with Crippen molar-refractivity contribution in [1.82, 2.24) is 5.32 Å². The summed E-state index contributed by atoms with van der Waals surface area (Å²) in [6.45, 7) is 2.22. The van der Waals surface area contributed by atoms with Gasteiger partial charge in [0.15, 0.2) is 5.75 Å². The fourth-order valence-electron chi connectivity index (χ4n) is 3.90. The van der Waals surface area contributed by atoms with Crippen LogP contribution < -0.4 is 15.4 Å². The lowest BCUT2D eigenvalue weighted by Crippen LogP contribution is -2.35. The third-order valence-electron chi connectivity index (χ3n) is 5.89. The van der Waals surface area contributed by atoms with Crippen LogP contribution in [-0.4, -0.2) is 11.9 Å². The number of nitrogens with one attached hydrogen (secondary N) is 2. The van der Waals surface area contributed by atoms with Crippen molar-refractivity contribution >= 4 is 40.8 Å². The van der Waals surface area contributed by atoms with E-state index in [0.29, 0.717) is 5.75 Å². The molecule has 0 heterocycles. The molecule has 2 N–H and O–H groups in total.